The molecule has 0 amide bonds. The molecule has 6 atom stereocenters. The van der Waals surface area contributed by atoms with Crippen LogP contribution in [0.2, 0.25) is 0 Å². The van der Waals surface area contributed by atoms with Gasteiger partial charge in [0.15, 0.2) is 6.23 Å². The van der Waals surface area contributed by atoms with Crippen molar-refractivity contribution in [3.8, 4) is 5.75 Å². The van der Waals surface area contributed by atoms with Gasteiger partial charge in [0.2, 0.25) is 0 Å². The Kier molecular flexibility index (Phi) is 10.4. The largest absolute Gasteiger partial charge is 0.462 e. The lowest BCUT2D eigenvalue weighted by atomic mass is 10.1. The van der Waals surface area contributed by atoms with E-state index in [0.29, 0.717) is 0 Å². The number of nitrogens with two attached hydrogens (primary N) is 1. The van der Waals surface area contributed by atoms with Crippen LogP contribution < -0.4 is 21.0 Å². The molecule has 0 radical (unpaired) electrons. The van der Waals surface area contributed by atoms with Crippen LogP contribution in [-0.4, -0.2) is 62.8 Å². The van der Waals surface area contributed by atoms with E-state index in [2.05, 4.69) is 10.1 Å². The normalized spacial score (nSPS) is 23.9. The fraction of sp³-hybridized carbons (Fsp3) is 0.476. The van der Waals surface area contributed by atoms with Crippen molar-refractivity contribution in [2.24, 2.45) is 0 Å². The average Bonchev–Trinajstić information content (AvgIpc) is 3.06. The number of hydrogen-bond acceptors (Lipinski definition) is 11. The van der Waals surface area contributed by atoms with E-state index < -0.39 is 62.7 Å². The molecule has 1 unspecified atom stereocenters. The first-order chi connectivity index (χ1) is 16.5. The molecular weight excluding hydrogens is 519 g/mol. The lowest BCUT2D eigenvalue weighted by Crippen LogP contribution is -2.38. The second kappa shape index (κ2) is 12.6. The third-order valence-corrected chi connectivity index (χ3v) is 6.54. The molecular formula is C21H30ClN4O9P. The Labute approximate surface area is 213 Å². The second-order valence-electron chi connectivity index (χ2n) is 8.12. The number of carbonyl (C=O) groups is 1. The molecule has 200 valence electrons. The van der Waals surface area contributed by atoms with Gasteiger partial charge in [0.1, 0.15) is 35.9 Å². The van der Waals surface area contributed by atoms with Crippen LogP contribution in [0.5, 0.6) is 5.75 Å². The van der Waals surface area contributed by atoms with Gasteiger partial charge in [-0.25, -0.2) is 9.36 Å². The number of nitrogen functional groups attached to an aromatic ring is 1. The molecule has 1 aliphatic heterocycles. The lowest BCUT2D eigenvalue weighted by molar-refractivity contribution is -0.149. The first kappa shape index (κ1) is 29.7. The number of hydrogen-bond donors (Lipinski definition) is 4. The van der Waals surface area contributed by atoms with Gasteiger partial charge in [0.05, 0.1) is 12.7 Å². The van der Waals surface area contributed by atoms with Crippen LogP contribution in [0.1, 0.15) is 27.0 Å². The molecule has 13 nitrogen and oxygen atoms in total. The zero-order valence-corrected chi connectivity index (χ0v) is 21.5. The van der Waals surface area contributed by atoms with Gasteiger partial charge >= 0.3 is 19.4 Å². The summed E-state index contributed by atoms with van der Waals surface area (Å²) >= 11 is 0. The number of ether oxygens (including phenoxy) is 2. The number of anilines is 1. The lowest BCUT2D eigenvalue weighted by Gasteiger charge is -2.25. The van der Waals surface area contributed by atoms with Crippen LogP contribution in [0, 0.1) is 0 Å². The molecule has 1 saturated heterocycles. The molecule has 1 aliphatic rings. The first-order valence-electron chi connectivity index (χ1n) is 10.8. The monoisotopic (exact) mass is 548 g/mol. The molecule has 5 N–H and O–H groups in total. The molecule has 2 aromatic rings. The van der Waals surface area contributed by atoms with Crippen LogP contribution >= 0.6 is 20.2 Å². The van der Waals surface area contributed by atoms with E-state index in [1.54, 1.807) is 32.0 Å². The molecule has 0 bridgehead atoms. The van der Waals surface area contributed by atoms with Gasteiger partial charge < -0.3 is 29.9 Å². The number of carbonyl (C=O) groups excluding carboxylic acids is 1. The summed E-state index contributed by atoms with van der Waals surface area (Å²) < 4.78 is 36.2. The summed E-state index contributed by atoms with van der Waals surface area (Å²) in [7, 11) is -4.22. The Bertz CT molecular complexity index is 1120. The Morgan fingerprint density at radius 1 is 1.22 bits per heavy atom. The summed E-state index contributed by atoms with van der Waals surface area (Å²) in [6.07, 6.45) is -4.64. The van der Waals surface area contributed by atoms with Crippen molar-refractivity contribution in [1.82, 2.24) is 14.6 Å². The summed E-state index contributed by atoms with van der Waals surface area (Å²) in [5, 5.41) is 23.4. The molecule has 1 aromatic carbocycles. The third-order valence-electron chi connectivity index (χ3n) is 4.90. The van der Waals surface area contributed by atoms with Crippen molar-refractivity contribution in [2.75, 3.05) is 12.3 Å². The predicted octanol–water partition coefficient (Wildman–Crippen LogP) is 1.000. The minimum atomic E-state index is -4.22. The molecule has 1 fully saturated rings. The van der Waals surface area contributed by atoms with Crippen molar-refractivity contribution in [3.63, 3.8) is 0 Å². The molecule has 2 heterocycles. The van der Waals surface area contributed by atoms with Crippen molar-refractivity contribution in [1.29, 1.82) is 0 Å². The zero-order valence-electron chi connectivity index (χ0n) is 19.8. The number of esters is 1. The fourth-order valence-electron chi connectivity index (χ4n) is 3.22. The minimum absolute atomic E-state index is 0. The highest BCUT2D eigenvalue weighted by molar-refractivity contribution is 7.52. The van der Waals surface area contributed by atoms with Crippen molar-refractivity contribution in [3.05, 3.63) is 53.1 Å². The zero-order chi connectivity index (χ0) is 25.8. The number of rotatable bonds is 10. The second-order valence-corrected chi connectivity index (χ2v) is 9.82. The van der Waals surface area contributed by atoms with Gasteiger partial charge in [0.25, 0.3) is 0 Å². The van der Waals surface area contributed by atoms with Crippen LogP contribution in [-0.2, 0) is 23.4 Å². The third kappa shape index (κ3) is 7.50. The number of para-hydroxylation sites is 1. The van der Waals surface area contributed by atoms with Gasteiger partial charge in [0, 0.05) is 6.20 Å². The van der Waals surface area contributed by atoms with Gasteiger partial charge in [-0.05, 0) is 39.0 Å². The Morgan fingerprint density at radius 3 is 2.50 bits per heavy atom. The summed E-state index contributed by atoms with van der Waals surface area (Å²) in [6.45, 7) is 4.25. The highest BCUT2D eigenvalue weighted by Crippen LogP contribution is 2.46. The Morgan fingerprint density at radius 2 is 1.89 bits per heavy atom. The van der Waals surface area contributed by atoms with Crippen LogP contribution in [0.4, 0.5) is 5.82 Å². The van der Waals surface area contributed by atoms with Crippen LogP contribution in [0.3, 0.4) is 0 Å². The number of nitrogens with one attached hydrogen (secondary N) is 1. The smallest absolute Gasteiger partial charge is 0.459 e. The molecule has 15 heteroatoms. The standard InChI is InChI=1S/C21H29N4O9P.ClH/c1-12(2)32-20(28)13(3)24-35(30,34-14-7-5-4-6-8-14)31-11-15-17(26)18(27)19(33-15)25-10-9-16(22)23-21(25)29;/h4-10,12-13,15,17-19,26-27H,11H2,1-3H3,(H,24,30)(H2,22,23,29);1H/t13-,15+,17+,18+,19+,35?;/m0./s1. The van der Waals surface area contributed by atoms with E-state index >= 15 is 0 Å². The molecule has 1 aromatic heterocycles. The summed E-state index contributed by atoms with van der Waals surface area (Å²) in [5.74, 6) is -0.504. The SMILES string of the molecule is CC(C)OC(=O)[C@H](C)NP(=O)(OC[C@H]1O[C@@H](n2ccc(N)nc2=O)[C@H](O)[C@@H]1O)Oc1ccccc1.Cl. The number of nitrogens with zero attached hydrogens (tertiary/aromatic N) is 2. The van der Waals surface area contributed by atoms with Crippen LogP contribution in [0.15, 0.2) is 47.4 Å². The first-order valence-corrected chi connectivity index (χ1v) is 12.4. The van der Waals surface area contributed by atoms with Crippen molar-refractivity contribution in [2.45, 2.75) is 57.5 Å². The quantitative estimate of drug-likeness (QED) is 0.244. The van der Waals surface area contributed by atoms with Crippen molar-refractivity contribution < 1.29 is 38.1 Å². The molecule has 0 saturated carbocycles. The molecule has 0 spiro atoms. The number of aliphatic hydroxyl groups excluding tert-OH is 2. The molecule has 0 aliphatic carbocycles. The fourth-order valence-corrected chi connectivity index (χ4v) is 4.72. The maximum atomic E-state index is 13.5. The van der Waals surface area contributed by atoms with E-state index in [0.717, 1.165) is 4.57 Å². The topological polar surface area (TPSA) is 184 Å². The van der Waals surface area contributed by atoms with Gasteiger partial charge in [-0.3, -0.25) is 13.9 Å². The minimum Gasteiger partial charge on any atom is -0.462 e. The number of aromatic nitrogens is 2. The Balaban J connectivity index is 0.00000456. The van der Waals surface area contributed by atoms with E-state index in [-0.39, 0.29) is 24.0 Å². The maximum Gasteiger partial charge on any atom is 0.459 e. The number of aliphatic hydroxyl groups is 2. The van der Waals surface area contributed by atoms with Crippen LogP contribution in [0.25, 0.3) is 0 Å². The van der Waals surface area contributed by atoms with Gasteiger partial charge in [-0.1, -0.05) is 18.2 Å². The highest BCUT2D eigenvalue weighted by Gasteiger charge is 2.45. The summed E-state index contributed by atoms with van der Waals surface area (Å²) in [6, 6.07) is 8.37. The Hall–Kier alpha value is -2.51. The number of halogens is 1. The van der Waals surface area contributed by atoms with E-state index in [1.165, 1.54) is 31.3 Å². The van der Waals surface area contributed by atoms with Gasteiger partial charge in [-0.2, -0.15) is 10.1 Å². The molecule has 36 heavy (non-hydrogen) atoms. The summed E-state index contributed by atoms with van der Waals surface area (Å²) in [5.41, 5.74) is 4.69. The average molecular weight is 549 g/mol. The van der Waals surface area contributed by atoms with E-state index in [9.17, 15) is 24.4 Å². The summed E-state index contributed by atoms with van der Waals surface area (Å²) in [4.78, 5) is 27.9. The van der Waals surface area contributed by atoms with Crippen molar-refractivity contribution >= 4 is 31.9 Å². The predicted molar refractivity (Wildman–Crippen MR) is 131 cm³/mol. The number of benzene rings is 1. The van der Waals surface area contributed by atoms with E-state index in [1.807, 2.05) is 0 Å². The van der Waals surface area contributed by atoms with Gasteiger partial charge in [-0.15, -0.1) is 12.4 Å². The highest BCUT2D eigenvalue weighted by atomic mass is 35.5. The molecule has 3 rings (SSSR count). The maximum absolute atomic E-state index is 13.5. The van der Waals surface area contributed by atoms with E-state index in [4.69, 9.17) is 24.3 Å².